The Morgan fingerprint density at radius 2 is 2.20 bits per heavy atom. The minimum Gasteiger partial charge on any atom is -0.467 e. The van der Waals surface area contributed by atoms with Gasteiger partial charge in [0.05, 0.1) is 17.9 Å². The third-order valence-corrected chi connectivity index (χ3v) is 4.53. The first-order valence-electron chi connectivity index (χ1n) is 8.42. The second kappa shape index (κ2) is 7.86. The molecule has 25 heavy (non-hydrogen) atoms. The maximum absolute atomic E-state index is 12.5. The fraction of sp³-hybridized carbons (Fsp3) is 0.368. The normalized spacial score (nSPS) is 17.9. The number of carbonyl (C=O) groups excluding carboxylic acids is 1. The molecule has 2 unspecified atom stereocenters. The number of likely N-dealkylation sites (tertiary alicyclic amines) is 1. The summed E-state index contributed by atoms with van der Waals surface area (Å²) < 4.78 is 5.23. The molecule has 0 aliphatic carbocycles. The molecule has 2 heterocycles. The van der Waals surface area contributed by atoms with Crippen molar-refractivity contribution in [3.05, 3.63) is 59.5 Å². The summed E-state index contributed by atoms with van der Waals surface area (Å²) in [7, 11) is 0. The van der Waals surface area contributed by atoms with Gasteiger partial charge in [0.1, 0.15) is 11.9 Å². The molecule has 0 saturated carbocycles. The number of amides is 2. The van der Waals surface area contributed by atoms with E-state index >= 15 is 0 Å². The molecule has 0 spiro atoms. The van der Waals surface area contributed by atoms with Gasteiger partial charge < -0.3 is 19.7 Å². The number of carbonyl (C=O) groups is 1. The third-order valence-electron chi connectivity index (χ3n) is 4.53. The smallest absolute Gasteiger partial charge is 0.317 e. The van der Waals surface area contributed by atoms with E-state index in [0.29, 0.717) is 30.8 Å². The highest BCUT2D eigenvalue weighted by Gasteiger charge is 2.31. The molecular formula is C19H21N3O3. The fourth-order valence-corrected chi connectivity index (χ4v) is 3.18. The topological polar surface area (TPSA) is 89.5 Å². The fourth-order valence-electron chi connectivity index (χ4n) is 3.18. The summed E-state index contributed by atoms with van der Waals surface area (Å²) in [4.78, 5) is 14.3. The van der Waals surface area contributed by atoms with Crippen LogP contribution in [0.2, 0.25) is 0 Å². The predicted molar refractivity (Wildman–Crippen MR) is 91.4 cm³/mol. The first-order chi connectivity index (χ1) is 12.2. The molecule has 2 amide bonds. The summed E-state index contributed by atoms with van der Waals surface area (Å²) >= 11 is 0. The Hall–Kier alpha value is -2.78. The van der Waals surface area contributed by atoms with Gasteiger partial charge in [0.2, 0.25) is 0 Å². The number of nitrogens with one attached hydrogen (secondary N) is 1. The molecule has 1 aliphatic heterocycles. The van der Waals surface area contributed by atoms with E-state index in [1.165, 1.54) is 6.26 Å². The molecule has 1 saturated heterocycles. The third kappa shape index (κ3) is 4.20. The Balaban J connectivity index is 1.54. The summed E-state index contributed by atoms with van der Waals surface area (Å²) in [6.07, 6.45) is 3.11. The molecule has 2 N–H and O–H groups in total. The Labute approximate surface area is 146 Å². The summed E-state index contributed by atoms with van der Waals surface area (Å²) in [5.41, 5.74) is 1.54. The van der Waals surface area contributed by atoms with Crippen LogP contribution in [0.1, 0.15) is 42.3 Å². The molecule has 1 aromatic carbocycles. The van der Waals surface area contributed by atoms with Gasteiger partial charge in [-0.25, -0.2) is 4.79 Å². The number of urea groups is 1. The largest absolute Gasteiger partial charge is 0.467 e. The van der Waals surface area contributed by atoms with Crippen molar-refractivity contribution in [1.82, 2.24) is 10.2 Å². The van der Waals surface area contributed by atoms with E-state index in [0.717, 1.165) is 18.4 Å². The monoisotopic (exact) mass is 339 g/mol. The zero-order valence-corrected chi connectivity index (χ0v) is 13.9. The molecule has 0 radical (unpaired) electrons. The summed E-state index contributed by atoms with van der Waals surface area (Å²) in [6.45, 7) is 1.10. The molecule has 1 aromatic heterocycles. The van der Waals surface area contributed by atoms with Gasteiger partial charge in [-0.2, -0.15) is 5.26 Å². The number of hydrogen-bond donors (Lipinski definition) is 2. The molecular weight excluding hydrogens is 318 g/mol. The number of hydrogen-bond acceptors (Lipinski definition) is 4. The van der Waals surface area contributed by atoms with Crippen LogP contribution in [0.25, 0.3) is 0 Å². The average molecular weight is 339 g/mol. The first-order valence-corrected chi connectivity index (χ1v) is 8.42. The molecule has 3 rings (SSSR count). The van der Waals surface area contributed by atoms with Crippen molar-refractivity contribution in [2.75, 3.05) is 6.54 Å². The molecule has 130 valence electrons. The molecule has 0 bridgehead atoms. The highest BCUT2D eigenvalue weighted by Crippen LogP contribution is 2.27. The van der Waals surface area contributed by atoms with Crippen LogP contribution in [-0.2, 0) is 6.54 Å². The lowest BCUT2D eigenvalue weighted by Gasteiger charge is -2.26. The van der Waals surface area contributed by atoms with Gasteiger partial charge in [-0.3, -0.25) is 0 Å². The number of nitriles is 1. The van der Waals surface area contributed by atoms with Gasteiger partial charge in [0.25, 0.3) is 0 Å². The van der Waals surface area contributed by atoms with Crippen LogP contribution < -0.4 is 5.32 Å². The Morgan fingerprint density at radius 3 is 2.88 bits per heavy atom. The standard InChI is InChI=1S/C19H21N3O3/c20-12-14-5-7-15(8-6-14)13-21-19(24)22-9-1-3-16(22)11-17(23)18-4-2-10-25-18/h2,4-8,10,16-17,23H,1,3,9,11,13H2,(H,21,24). The van der Waals surface area contributed by atoms with Crippen LogP contribution in [0.3, 0.4) is 0 Å². The van der Waals surface area contributed by atoms with Gasteiger partial charge in [-0.1, -0.05) is 12.1 Å². The zero-order valence-electron chi connectivity index (χ0n) is 13.9. The van der Waals surface area contributed by atoms with Gasteiger partial charge in [0.15, 0.2) is 0 Å². The van der Waals surface area contributed by atoms with Crippen molar-refractivity contribution in [3.8, 4) is 6.07 Å². The molecule has 6 nitrogen and oxygen atoms in total. The summed E-state index contributed by atoms with van der Waals surface area (Å²) in [5.74, 6) is 0.532. The Morgan fingerprint density at radius 1 is 1.40 bits per heavy atom. The lowest BCUT2D eigenvalue weighted by atomic mass is 10.1. The van der Waals surface area contributed by atoms with Crippen molar-refractivity contribution in [3.63, 3.8) is 0 Å². The quantitative estimate of drug-likeness (QED) is 0.876. The van der Waals surface area contributed by atoms with Gasteiger partial charge in [-0.15, -0.1) is 0 Å². The van der Waals surface area contributed by atoms with Crippen LogP contribution in [0.15, 0.2) is 47.1 Å². The maximum atomic E-state index is 12.5. The second-order valence-electron chi connectivity index (χ2n) is 6.22. The van der Waals surface area contributed by atoms with E-state index < -0.39 is 6.10 Å². The number of benzene rings is 1. The lowest BCUT2D eigenvalue weighted by molar-refractivity contribution is 0.108. The number of nitrogens with zero attached hydrogens (tertiary/aromatic N) is 2. The van der Waals surface area contributed by atoms with Crippen LogP contribution in [-0.4, -0.2) is 28.6 Å². The van der Waals surface area contributed by atoms with E-state index in [1.54, 1.807) is 29.2 Å². The minimum atomic E-state index is -0.702. The van der Waals surface area contributed by atoms with Crippen LogP contribution >= 0.6 is 0 Å². The summed E-state index contributed by atoms with van der Waals surface area (Å²) in [5, 5.41) is 22.0. The highest BCUT2D eigenvalue weighted by molar-refractivity contribution is 5.74. The van der Waals surface area contributed by atoms with Crippen LogP contribution in [0, 0.1) is 11.3 Å². The van der Waals surface area contributed by atoms with E-state index in [2.05, 4.69) is 11.4 Å². The Bertz CT molecular complexity index is 734. The second-order valence-corrected chi connectivity index (χ2v) is 6.22. The molecule has 2 atom stereocenters. The maximum Gasteiger partial charge on any atom is 0.317 e. The SMILES string of the molecule is N#Cc1ccc(CNC(=O)N2CCCC2CC(O)c2ccco2)cc1. The van der Waals surface area contributed by atoms with Crippen molar-refractivity contribution in [2.45, 2.75) is 38.0 Å². The highest BCUT2D eigenvalue weighted by atomic mass is 16.4. The lowest BCUT2D eigenvalue weighted by Crippen LogP contribution is -2.43. The minimum absolute atomic E-state index is 0.000986. The molecule has 6 heteroatoms. The van der Waals surface area contributed by atoms with E-state index in [1.807, 2.05) is 12.1 Å². The van der Waals surface area contributed by atoms with Crippen molar-refractivity contribution in [2.24, 2.45) is 0 Å². The number of aliphatic hydroxyl groups is 1. The first kappa shape index (κ1) is 17.1. The van der Waals surface area contributed by atoms with Crippen molar-refractivity contribution in [1.29, 1.82) is 5.26 Å². The average Bonchev–Trinajstić information content (AvgIpc) is 3.32. The van der Waals surface area contributed by atoms with Gasteiger partial charge in [0, 0.05) is 25.6 Å². The van der Waals surface area contributed by atoms with Gasteiger partial charge >= 0.3 is 6.03 Å². The van der Waals surface area contributed by atoms with Crippen LogP contribution in [0.4, 0.5) is 4.79 Å². The summed E-state index contributed by atoms with van der Waals surface area (Å²) in [6, 6.07) is 12.6. The Kier molecular flexibility index (Phi) is 5.36. The molecule has 2 aromatic rings. The number of furan rings is 1. The van der Waals surface area contributed by atoms with E-state index in [4.69, 9.17) is 9.68 Å². The van der Waals surface area contributed by atoms with Crippen molar-refractivity contribution >= 4 is 6.03 Å². The predicted octanol–water partition coefficient (Wildman–Crippen LogP) is 2.95. The number of rotatable bonds is 5. The zero-order chi connectivity index (χ0) is 17.6. The van der Waals surface area contributed by atoms with Gasteiger partial charge in [-0.05, 0) is 42.7 Å². The van der Waals surface area contributed by atoms with Crippen molar-refractivity contribution < 1.29 is 14.3 Å². The molecule has 1 aliphatic rings. The van der Waals surface area contributed by atoms with E-state index in [9.17, 15) is 9.90 Å². The van der Waals surface area contributed by atoms with Crippen LogP contribution in [0.5, 0.6) is 0 Å². The molecule has 1 fully saturated rings. The van der Waals surface area contributed by atoms with E-state index in [-0.39, 0.29) is 12.1 Å². The number of aliphatic hydroxyl groups excluding tert-OH is 1.